The lowest BCUT2D eigenvalue weighted by atomic mass is 9.67. The Morgan fingerprint density at radius 2 is 1.27 bits per heavy atom. The maximum atomic E-state index is 14.2. The quantitative estimate of drug-likeness (QED) is 0.0771. The summed E-state index contributed by atoms with van der Waals surface area (Å²) in [5.41, 5.74) is 4.59. The van der Waals surface area contributed by atoms with E-state index in [2.05, 4.69) is 72.0 Å². The van der Waals surface area contributed by atoms with E-state index < -0.39 is 0 Å². The SMILES string of the molecule is CCCCCCCCB1N=c2c(=C3C(=O)C(c4ccc5cccc6c5c4NB(CCCCCCCC)N6)=C3O)ccc3cccc(c23)N1. The predicted molar refractivity (Wildman–Crippen MR) is 205 cm³/mol. The number of unbranched alkanes of at least 4 members (excludes halogenated alkanes) is 10. The summed E-state index contributed by atoms with van der Waals surface area (Å²) in [5, 5.41) is 28.6. The van der Waals surface area contributed by atoms with E-state index >= 15 is 0 Å². The number of hydrogen-bond acceptors (Lipinski definition) is 6. The van der Waals surface area contributed by atoms with Crippen LogP contribution in [-0.4, -0.2) is 24.9 Å². The van der Waals surface area contributed by atoms with Crippen LogP contribution >= 0.6 is 0 Å². The normalized spacial score (nSPS) is 16.1. The number of rotatable bonds is 15. The third-order valence-corrected chi connectivity index (χ3v) is 10.5. The fourth-order valence-electron chi connectivity index (χ4n) is 7.87. The smallest absolute Gasteiger partial charge is 0.392 e. The molecule has 7 rings (SSSR count). The van der Waals surface area contributed by atoms with Gasteiger partial charge in [-0.1, -0.05) is 139 Å². The second-order valence-electron chi connectivity index (χ2n) is 13.9. The highest BCUT2D eigenvalue weighted by atomic mass is 16.3. The van der Waals surface area contributed by atoms with E-state index in [0.29, 0.717) is 11.1 Å². The molecule has 8 heteroatoms. The van der Waals surface area contributed by atoms with Crippen molar-refractivity contribution >= 4 is 69.5 Å². The Balaban J connectivity index is 1.23. The number of carbonyl (C=O) groups excluding carboxylic acids is 1. The van der Waals surface area contributed by atoms with Crippen molar-refractivity contribution in [2.24, 2.45) is 4.90 Å². The van der Waals surface area contributed by atoms with Gasteiger partial charge in [0.15, 0.2) is 0 Å². The number of aliphatic hydroxyl groups is 1. The minimum Gasteiger partial charge on any atom is -0.506 e. The zero-order valence-electron chi connectivity index (χ0n) is 28.6. The molecule has 246 valence electrons. The van der Waals surface area contributed by atoms with Gasteiger partial charge in [0, 0.05) is 38.6 Å². The van der Waals surface area contributed by atoms with Crippen molar-refractivity contribution in [2.75, 3.05) is 15.7 Å². The number of hydrogen-bond donors (Lipinski definition) is 4. The maximum absolute atomic E-state index is 14.2. The van der Waals surface area contributed by atoms with Gasteiger partial charge in [0.2, 0.25) is 5.78 Å². The van der Waals surface area contributed by atoms with Crippen LogP contribution in [0.25, 0.3) is 32.7 Å². The second kappa shape index (κ2) is 14.5. The molecule has 4 N–H and O–H groups in total. The lowest BCUT2D eigenvalue weighted by Gasteiger charge is -2.31. The van der Waals surface area contributed by atoms with Crippen LogP contribution in [0.3, 0.4) is 0 Å². The van der Waals surface area contributed by atoms with Crippen molar-refractivity contribution in [3.8, 4) is 0 Å². The maximum Gasteiger partial charge on any atom is 0.392 e. The zero-order valence-corrected chi connectivity index (χ0v) is 28.6. The van der Waals surface area contributed by atoms with Gasteiger partial charge >= 0.3 is 14.0 Å². The summed E-state index contributed by atoms with van der Waals surface area (Å²) in [7, 11) is 0. The summed E-state index contributed by atoms with van der Waals surface area (Å²) in [4.78, 5) is 19.4. The van der Waals surface area contributed by atoms with Gasteiger partial charge in [-0.15, -0.1) is 0 Å². The molecule has 2 aliphatic heterocycles. The monoisotopic (exact) mass is 638 g/mol. The molecule has 0 aromatic heterocycles. The molecule has 1 aliphatic carbocycles. The standard InChI is InChI=1S/C40H48B2N4O2/c1-3-5-7-9-11-13-25-41-43-31-19-15-17-27-21-23-29(37(45-41)33(27)31)35-39(47)36(40(35)48)30-24-22-28-18-16-20-32-34(28)38(30)46-42(44-32)26-14-12-10-8-6-4-2/h15-24,43-45,47H,3-14,25-26H2,1-2H3. The molecule has 0 saturated carbocycles. The number of Topliss-reactive ketones (excluding diaryl/α,β-unsaturated/α-hetero) is 1. The number of aliphatic hydroxyl groups excluding tert-OH is 1. The number of nitrogens with one attached hydrogen (secondary N) is 3. The average Bonchev–Trinajstić information content (AvgIpc) is 3.10. The number of carbonyl (C=O) groups is 1. The molecule has 0 fully saturated rings. The highest BCUT2D eigenvalue weighted by molar-refractivity contribution is 6.68. The Hall–Kier alpha value is -4.19. The molecule has 3 aliphatic rings. The molecule has 6 nitrogen and oxygen atoms in total. The molecule has 2 heterocycles. The molecule has 0 saturated heterocycles. The molecule has 0 atom stereocenters. The summed E-state index contributed by atoms with van der Waals surface area (Å²) in [6.45, 7) is 4.51. The molecular weight excluding hydrogens is 590 g/mol. The first-order valence-corrected chi connectivity index (χ1v) is 18.6. The van der Waals surface area contributed by atoms with Gasteiger partial charge in [-0.05, 0) is 35.5 Å². The highest BCUT2D eigenvalue weighted by Crippen LogP contribution is 2.45. The van der Waals surface area contributed by atoms with Gasteiger partial charge in [-0.2, -0.15) is 0 Å². The van der Waals surface area contributed by atoms with Crippen molar-refractivity contribution in [3.05, 3.63) is 82.6 Å². The Labute approximate surface area is 285 Å². The van der Waals surface area contributed by atoms with Crippen molar-refractivity contribution in [1.82, 2.24) is 0 Å². The summed E-state index contributed by atoms with van der Waals surface area (Å²) < 4.78 is 0. The first-order chi connectivity index (χ1) is 23.6. The number of ketones is 1. The minimum absolute atomic E-state index is 0.0551. The molecule has 0 radical (unpaired) electrons. The van der Waals surface area contributed by atoms with E-state index in [-0.39, 0.29) is 25.5 Å². The van der Waals surface area contributed by atoms with Crippen molar-refractivity contribution < 1.29 is 9.90 Å². The van der Waals surface area contributed by atoms with Crippen LogP contribution < -0.4 is 26.3 Å². The number of nitrogens with zero attached hydrogens (tertiary/aromatic N) is 1. The van der Waals surface area contributed by atoms with Gasteiger partial charge in [-0.3, -0.25) is 4.79 Å². The van der Waals surface area contributed by atoms with Crippen molar-refractivity contribution in [3.63, 3.8) is 0 Å². The van der Waals surface area contributed by atoms with Crippen LogP contribution in [0, 0.1) is 0 Å². The molecule has 48 heavy (non-hydrogen) atoms. The van der Waals surface area contributed by atoms with Gasteiger partial charge in [0.25, 0.3) is 0 Å². The number of allylic oxidation sites excluding steroid dienone is 2. The zero-order chi connectivity index (χ0) is 33.0. The molecular formula is C40H48B2N4O2. The van der Waals surface area contributed by atoms with Crippen LogP contribution in [-0.2, 0) is 4.79 Å². The van der Waals surface area contributed by atoms with Crippen molar-refractivity contribution in [1.29, 1.82) is 0 Å². The van der Waals surface area contributed by atoms with Crippen LogP contribution in [0.5, 0.6) is 0 Å². The Bertz CT molecular complexity index is 2010. The van der Waals surface area contributed by atoms with Gasteiger partial charge < -0.3 is 25.7 Å². The molecule has 0 bridgehead atoms. The fraction of sp³-hybridized carbons (Fsp3) is 0.400. The lowest BCUT2D eigenvalue weighted by molar-refractivity contribution is -0.109. The highest BCUT2D eigenvalue weighted by Gasteiger charge is 2.39. The second-order valence-corrected chi connectivity index (χ2v) is 13.9. The van der Waals surface area contributed by atoms with E-state index in [1.165, 1.54) is 64.2 Å². The minimum atomic E-state index is -0.123. The summed E-state index contributed by atoms with van der Waals surface area (Å²) >= 11 is 0. The Morgan fingerprint density at radius 1 is 0.646 bits per heavy atom. The van der Waals surface area contributed by atoms with E-state index in [1.807, 2.05) is 18.2 Å². The molecule has 4 aromatic rings. The average molecular weight is 638 g/mol. The van der Waals surface area contributed by atoms with Gasteiger partial charge in [-0.25, -0.2) is 0 Å². The molecule has 0 spiro atoms. The predicted octanol–water partition coefficient (Wildman–Crippen LogP) is 9.28. The third kappa shape index (κ3) is 6.22. The van der Waals surface area contributed by atoms with Crippen LogP contribution in [0.4, 0.5) is 17.1 Å². The summed E-state index contributed by atoms with van der Waals surface area (Å²) in [6, 6.07) is 20.6. The third-order valence-electron chi connectivity index (χ3n) is 10.5. The van der Waals surface area contributed by atoms with Crippen molar-refractivity contribution in [2.45, 2.75) is 104 Å². The Kier molecular flexibility index (Phi) is 9.78. The molecule has 0 amide bonds. The first-order valence-electron chi connectivity index (χ1n) is 18.6. The van der Waals surface area contributed by atoms with Gasteiger partial charge in [0.05, 0.1) is 16.5 Å². The van der Waals surface area contributed by atoms with E-state index in [9.17, 15) is 9.90 Å². The first kappa shape index (κ1) is 32.4. The topological polar surface area (TPSA) is 85.8 Å². The van der Waals surface area contributed by atoms with Crippen LogP contribution in [0.1, 0.15) is 96.5 Å². The van der Waals surface area contributed by atoms with Crippen LogP contribution in [0.2, 0.25) is 12.6 Å². The molecule has 0 unspecified atom stereocenters. The van der Waals surface area contributed by atoms with E-state index in [0.717, 1.165) is 80.2 Å². The summed E-state index contributed by atoms with van der Waals surface area (Å²) in [6.07, 6.45) is 16.8. The molecule has 4 aromatic carbocycles. The van der Waals surface area contributed by atoms with E-state index in [4.69, 9.17) is 4.90 Å². The lowest BCUT2D eigenvalue weighted by Crippen LogP contribution is -2.41. The Morgan fingerprint density at radius 3 is 1.98 bits per heavy atom. The number of benzene rings is 4. The van der Waals surface area contributed by atoms with Crippen LogP contribution in [0.15, 0.2) is 71.3 Å². The summed E-state index contributed by atoms with van der Waals surface area (Å²) in [5.74, 6) is -0.0575. The fourth-order valence-corrected chi connectivity index (χ4v) is 7.87. The van der Waals surface area contributed by atoms with E-state index in [1.54, 1.807) is 0 Å². The van der Waals surface area contributed by atoms with Gasteiger partial charge in [0.1, 0.15) is 5.76 Å². The largest absolute Gasteiger partial charge is 0.506 e. The number of anilines is 3.